The van der Waals surface area contributed by atoms with E-state index in [2.05, 4.69) is 16.4 Å². The van der Waals surface area contributed by atoms with Gasteiger partial charge in [0.05, 0.1) is 0 Å². The summed E-state index contributed by atoms with van der Waals surface area (Å²) in [6.45, 7) is 5.55. The van der Waals surface area contributed by atoms with Crippen molar-refractivity contribution in [3.05, 3.63) is 12.7 Å². The number of rotatable bonds is 2. The molecule has 0 aromatic rings. The van der Waals surface area contributed by atoms with Gasteiger partial charge < -0.3 is 0 Å². The molecule has 7 heavy (non-hydrogen) atoms. The second-order valence-corrected chi connectivity index (χ2v) is 1.66. The summed E-state index contributed by atoms with van der Waals surface area (Å²) in [5.41, 5.74) is 0. The monoisotopic (exact) mass is 100 g/mol. The molecule has 2 heteroatoms. The second-order valence-electron chi connectivity index (χ2n) is 1.66. The molecule has 1 fully saturated rings. The van der Waals surface area contributed by atoms with E-state index in [1.54, 1.807) is 6.08 Å². The van der Waals surface area contributed by atoms with Gasteiger partial charge in [-0.25, -0.2) is 0 Å². The van der Waals surface area contributed by atoms with Crippen LogP contribution in [-0.4, -0.2) is 6.29 Å². The molecule has 1 atom stereocenters. The first-order chi connectivity index (χ1) is 3.34. The van der Waals surface area contributed by atoms with Crippen LogP contribution in [0.4, 0.5) is 0 Å². The summed E-state index contributed by atoms with van der Waals surface area (Å²) in [5.74, 6) is 0.333. The molecular weight excluding hydrogens is 92.1 g/mol. The lowest BCUT2D eigenvalue weighted by Gasteiger charge is -1.89. The highest BCUT2D eigenvalue weighted by molar-refractivity contribution is 4.78. The summed E-state index contributed by atoms with van der Waals surface area (Å²) in [7, 11) is 0. The van der Waals surface area contributed by atoms with Gasteiger partial charge in [0, 0.05) is 5.92 Å². The number of hydrogen-bond donors (Lipinski definition) is 0. The third-order valence-electron chi connectivity index (χ3n) is 1.01. The highest BCUT2D eigenvalue weighted by Crippen LogP contribution is 2.21. The first-order valence-corrected chi connectivity index (χ1v) is 2.29. The zero-order valence-corrected chi connectivity index (χ0v) is 4.26. The van der Waals surface area contributed by atoms with Crippen LogP contribution in [0.1, 0.15) is 6.92 Å². The van der Waals surface area contributed by atoms with E-state index >= 15 is 0 Å². The molecule has 2 nitrogen and oxygen atoms in total. The molecule has 0 aromatic carbocycles. The summed E-state index contributed by atoms with van der Waals surface area (Å²) in [4.78, 5) is 8.98. The van der Waals surface area contributed by atoms with E-state index < -0.39 is 0 Å². The minimum Gasteiger partial charge on any atom is -0.198 e. The molecule has 0 spiro atoms. The van der Waals surface area contributed by atoms with Crippen LogP contribution in [-0.2, 0) is 9.78 Å². The first-order valence-electron chi connectivity index (χ1n) is 2.29. The van der Waals surface area contributed by atoms with Crippen molar-refractivity contribution in [2.24, 2.45) is 5.92 Å². The van der Waals surface area contributed by atoms with Crippen molar-refractivity contribution in [2.45, 2.75) is 13.2 Å². The van der Waals surface area contributed by atoms with E-state index in [4.69, 9.17) is 0 Å². The van der Waals surface area contributed by atoms with Gasteiger partial charge in [-0.15, -0.1) is 6.58 Å². The van der Waals surface area contributed by atoms with Gasteiger partial charge >= 0.3 is 0 Å². The molecule has 1 aliphatic rings. The lowest BCUT2D eigenvalue weighted by atomic mass is 10.2. The maximum absolute atomic E-state index is 4.49. The molecule has 0 bridgehead atoms. The maximum atomic E-state index is 4.49. The van der Waals surface area contributed by atoms with Gasteiger partial charge in [0.25, 0.3) is 0 Å². The van der Waals surface area contributed by atoms with E-state index in [-0.39, 0.29) is 6.29 Å². The maximum Gasteiger partial charge on any atom is 0.230 e. The predicted molar refractivity (Wildman–Crippen MR) is 25.3 cm³/mol. The Balaban J connectivity index is 2.22. The standard InChI is InChI=1S/C5H8O2/c1-3-4(2)5-6-7-5/h3-5H,1H2,2H3. The van der Waals surface area contributed by atoms with E-state index in [9.17, 15) is 0 Å². The molecule has 1 rings (SSSR count). The highest BCUT2D eigenvalue weighted by atomic mass is 17.4. The van der Waals surface area contributed by atoms with Crippen LogP contribution in [0.25, 0.3) is 0 Å². The average molecular weight is 100 g/mol. The Labute approximate surface area is 42.7 Å². The van der Waals surface area contributed by atoms with Crippen molar-refractivity contribution in [3.8, 4) is 0 Å². The molecule has 0 N–H and O–H groups in total. The largest absolute Gasteiger partial charge is 0.230 e. The van der Waals surface area contributed by atoms with Crippen LogP contribution >= 0.6 is 0 Å². The molecule has 0 aromatic heterocycles. The second kappa shape index (κ2) is 1.64. The Morgan fingerprint density at radius 3 is 2.43 bits per heavy atom. The smallest absolute Gasteiger partial charge is 0.198 e. The lowest BCUT2D eigenvalue weighted by molar-refractivity contribution is 0.0850. The van der Waals surface area contributed by atoms with Gasteiger partial charge in [-0.2, -0.15) is 9.78 Å². The minimum atomic E-state index is -0.00231. The molecule has 1 heterocycles. The summed E-state index contributed by atoms with van der Waals surface area (Å²) in [5, 5.41) is 0. The van der Waals surface area contributed by atoms with Crippen LogP contribution < -0.4 is 0 Å². The summed E-state index contributed by atoms with van der Waals surface area (Å²) < 4.78 is 0. The zero-order valence-electron chi connectivity index (χ0n) is 4.26. The molecule has 0 amide bonds. The lowest BCUT2D eigenvalue weighted by Crippen LogP contribution is -1.95. The van der Waals surface area contributed by atoms with Gasteiger partial charge in [-0.05, 0) is 0 Å². The summed E-state index contributed by atoms with van der Waals surface area (Å²) >= 11 is 0. The van der Waals surface area contributed by atoms with E-state index in [0.717, 1.165) is 0 Å². The van der Waals surface area contributed by atoms with Crippen molar-refractivity contribution in [1.29, 1.82) is 0 Å². The molecule has 40 valence electrons. The molecule has 0 radical (unpaired) electrons. The zero-order chi connectivity index (χ0) is 5.28. The Bertz CT molecular complexity index is 76.1. The van der Waals surface area contributed by atoms with Gasteiger partial charge in [-0.3, -0.25) is 0 Å². The van der Waals surface area contributed by atoms with Gasteiger partial charge in [0.15, 0.2) is 0 Å². The average Bonchev–Trinajstić information content (AvgIpc) is 2.44. The fourth-order valence-corrected chi connectivity index (χ4v) is 0.318. The van der Waals surface area contributed by atoms with E-state index in [0.29, 0.717) is 5.92 Å². The van der Waals surface area contributed by atoms with Crippen LogP contribution in [0.5, 0.6) is 0 Å². The van der Waals surface area contributed by atoms with Crippen molar-refractivity contribution in [3.63, 3.8) is 0 Å². The predicted octanol–water partition coefficient (Wildman–Crippen LogP) is 1.10. The summed E-state index contributed by atoms with van der Waals surface area (Å²) in [6, 6.07) is 0. The Kier molecular flexibility index (Phi) is 1.13. The molecule has 1 saturated heterocycles. The van der Waals surface area contributed by atoms with Crippen LogP contribution in [0.3, 0.4) is 0 Å². The molecule has 1 unspecified atom stereocenters. The van der Waals surface area contributed by atoms with Gasteiger partial charge in [0.1, 0.15) is 0 Å². The van der Waals surface area contributed by atoms with Gasteiger partial charge in [0.2, 0.25) is 6.29 Å². The minimum absolute atomic E-state index is 0.00231. The van der Waals surface area contributed by atoms with Crippen LogP contribution in [0, 0.1) is 5.92 Å². The highest BCUT2D eigenvalue weighted by Gasteiger charge is 2.30. The quantitative estimate of drug-likeness (QED) is 0.295. The topological polar surface area (TPSA) is 25.1 Å². The Morgan fingerprint density at radius 2 is 2.29 bits per heavy atom. The number of hydrogen-bond acceptors (Lipinski definition) is 2. The summed E-state index contributed by atoms with van der Waals surface area (Å²) in [6.07, 6.45) is 1.80. The van der Waals surface area contributed by atoms with E-state index in [1.165, 1.54) is 0 Å². The SMILES string of the molecule is C=CC(C)C1OO1. The Hall–Kier alpha value is -0.340. The first kappa shape index (κ1) is 4.81. The molecule has 0 saturated carbocycles. The normalized spacial score (nSPS) is 24.1. The third kappa shape index (κ3) is 1.01. The fraction of sp³-hybridized carbons (Fsp3) is 0.600. The van der Waals surface area contributed by atoms with Crippen molar-refractivity contribution < 1.29 is 9.78 Å². The Morgan fingerprint density at radius 1 is 1.71 bits per heavy atom. The van der Waals surface area contributed by atoms with Gasteiger partial charge in [-0.1, -0.05) is 13.0 Å². The van der Waals surface area contributed by atoms with E-state index in [1.807, 2.05) is 6.92 Å². The van der Waals surface area contributed by atoms with Crippen LogP contribution in [0.15, 0.2) is 12.7 Å². The molecule has 1 aliphatic heterocycles. The fourth-order valence-electron chi connectivity index (χ4n) is 0.318. The van der Waals surface area contributed by atoms with Crippen molar-refractivity contribution in [2.75, 3.05) is 0 Å². The van der Waals surface area contributed by atoms with Crippen molar-refractivity contribution in [1.82, 2.24) is 0 Å². The van der Waals surface area contributed by atoms with Crippen LogP contribution in [0.2, 0.25) is 0 Å². The molecular formula is C5H8O2. The third-order valence-corrected chi connectivity index (χ3v) is 1.01. The molecule has 0 aliphatic carbocycles. The van der Waals surface area contributed by atoms with Crippen molar-refractivity contribution >= 4 is 0 Å².